The van der Waals surface area contributed by atoms with Crippen molar-refractivity contribution in [2.24, 2.45) is 0 Å². The summed E-state index contributed by atoms with van der Waals surface area (Å²) in [6.45, 7) is 11.0. The number of rotatable bonds is 7. The molecule has 0 spiro atoms. The molecular weight excluding hydrogens is 440 g/mol. The van der Waals surface area contributed by atoms with Crippen molar-refractivity contribution in [2.75, 3.05) is 31.5 Å². The highest BCUT2D eigenvalue weighted by atomic mass is 32.2. The van der Waals surface area contributed by atoms with E-state index in [1.54, 1.807) is 32.9 Å². The molecule has 0 radical (unpaired) electrons. The van der Waals surface area contributed by atoms with Crippen LogP contribution < -0.4 is 5.32 Å². The molecule has 3 rings (SSSR count). The molecule has 9 heteroatoms. The zero-order valence-electron chi connectivity index (χ0n) is 19.9. The number of carbonyl (C=O) groups excluding carboxylic acids is 1. The molecule has 2 heterocycles. The Morgan fingerprint density at radius 3 is 2.30 bits per heavy atom. The summed E-state index contributed by atoms with van der Waals surface area (Å²) in [5.74, 6) is 0.838. The smallest absolute Gasteiger partial charge is 0.243 e. The van der Waals surface area contributed by atoms with E-state index in [4.69, 9.17) is 4.42 Å². The number of furan rings is 1. The summed E-state index contributed by atoms with van der Waals surface area (Å²) in [5.41, 5.74) is 2.15. The molecule has 178 valence electrons. The van der Waals surface area contributed by atoms with Crippen molar-refractivity contribution < 1.29 is 17.6 Å². The summed E-state index contributed by atoms with van der Waals surface area (Å²) in [4.78, 5) is 15.0. The molecular formula is C24H32N4O4S. The van der Waals surface area contributed by atoms with E-state index >= 15 is 0 Å². The SMILES string of the molecule is CCC(C)c1ccc(S(=O)(=O)N2CCN(C(C)C(=O)Nc3oc(C)c(C)c3C#N)CC2)cc1. The number of nitrogens with zero attached hydrogens (tertiary/aromatic N) is 3. The van der Waals surface area contributed by atoms with Crippen LogP contribution in [0.5, 0.6) is 0 Å². The number of carbonyl (C=O) groups is 1. The number of amides is 1. The Hall–Kier alpha value is -2.67. The molecule has 1 saturated heterocycles. The highest BCUT2D eigenvalue weighted by Crippen LogP contribution is 2.26. The van der Waals surface area contributed by atoms with Crippen molar-refractivity contribution in [3.63, 3.8) is 0 Å². The van der Waals surface area contributed by atoms with Gasteiger partial charge in [-0.1, -0.05) is 26.0 Å². The molecule has 0 saturated carbocycles. The van der Waals surface area contributed by atoms with Crippen LogP contribution in [0.2, 0.25) is 0 Å². The first-order valence-corrected chi connectivity index (χ1v) is 12.7. The molecule has 1 N–H and O–H groups in total. The van der Waals surface area contributed by atoms with Crippen LogP contribution in [0, 0.1) is 25.2 Å². The first-order valence-electron chi connectivity index (χ1n) is 11.2. The Morgan fingerprint density at radius 1 is 1.15 bits per heavy atom. The third kappa shape index (κ3) is 5.13. The van der Waals surface area contributed by atoms with Crippen LogP contribution >= 0.6 is 0 Å². The standard InChI is InChI=1S/C24H32N4O4S/c1-6-16(2)20-7-9-21(10-8-20)33(30,31)28-13-11-27(12-14-28)18(4)23(29)26-24-22(15-25)17(3)19(5)32-24/h7-10,16,18H,6,11-14H2,1-5H3,(H,26,29). The average Bonchev–Trinajstić information content (AvgIpc) is 3.09. The van der Waals surface area contributed by atoms with E-state index in [2.05, 4.69) is 25.2 Å². The van der Waals surface area contributed by atoms with Gasteiger partial charge in [0.1, 0.15) is 17.4 Å². The average molecular weight is 473 g/mol. The van der Waals surface area contributed by atoms with Crippen molar-refractivity contribution in [2.45, 2.75) is 57.9 Å². The van der Waals surface area contributed by atoms with Gasteiger partial charge in [-0.05, 0) is 50.8 Å². The van der Waals surface area contributed by atoms with E-state index in [1.807, 2.05) is 17.0 Å². The number of nitrogens with one attached hydrogen (secondary N) is 1. The summed E-state index contributed by atoms with van der Waals surface area (Å²) >= 11 is 0. The van der Waals surface area contributed by atoms with Crippen LogP contribution in [-0.2, 0) is 14.8 Å². The lowest BCUT2D eigenvalue weighted by Crippen LogP contribution is -2.53. The van der Waals surface area contributed by atoms with E-state index in [-0.39, 0.29) is 11.8 Å². The summed E-state index contributed by atoms with van der Waals surface area (Å²) in [5, 5.41) is 12.0. The molecule has 2 aromatic rings. The monoisotopic (exact) mass is 472 g/mol. The first-order chi connectivity index (χ1) is 15.6. The molecule has 2 atom stereocenters. The number of sulfonamides is 1. The third-order valence-electron chi connectivity index (χ3n) is 6.63. The maximum atomic E-state index is 13.1. The normalized spacial score (nSPS) is 17.3. The van der Waals surface area contributed by atoms with Gasteiger partial charge in [-0.3, -0.25) is 15.0 Å². The minimum absolute atomic E-state index is 0.159. The van der Waals surface area contributed by atoms with E-state index < -0.39 is 16.1 Å². The van der Waals surface area contributed by atoms with Gasteiger partial charge >= 0.3 is 0 Å². The second-order valence-electron chi connectivity index (χ2n) is 8.58. The van der Waals surface area contributed by atoms with E-state index in [0.717, 1.165) is 12.0 Å². The molecule has 1 amide bonds. The predicted octanol–water partition coefficient (Wildman–Crippen LogP) is 3.62. The van der Waals surface area contributed by atoms with Crippen LogP contribution in [0.3, 0.4) is 0 Å². The van der Waals surface area contributed by atoms with Crippen LogP contribution in [0.4, 0.5) is 5.88 Å². The molecule has 1 fully saturated rings. The van der Waals surface area contributed by atoms with Crippen LogP contribution in [0.25, 0.3) is 0 Å². The van der Waals surface area contributed by atoms with Gasteiger partial charge in [-0.2, -0.15) is 9.57 Å². The number of aryl methyl sites for hydroxylation is 1. The third-order valence-corrected chi connectivity index (χ3v) is 8.55. The lowest BCUT2D eigenvalue weighted by molar-refractivity contribution is -0.121. The molecule has 0 aliphatic carbocycles. The highest BCUT2D eigenvalue weighted by Gasteiger charge is 2.32. The van der Waals surface area contributed by atoms with Crippen LogP contribution in [-0.4, -0.2) is 55.8 Å². The second-order valence-corrected chi connectivity index (χ2v) is 10.5. The van der Waals surface area contributed by atoms with Gasteiger partial charge in [0.2, 0.25) is 21.8 Å². The fourth-order valence-electron chi connectivity index (χ4n) is 3.92. The highest BCUT2D eigenvalue weighted by molar-refractivity contribution is 7.89. The van der Waals surface area contributed by atoms with Crippen molar-refractivity contribution in [3.8, 4) is 6.07 Å². The molecule has 1 aliphatic rings. The molecule has 33 heavy (non-hydrogen) atoms. The number of anilines is 1. The van der Waals surface area contributed by atoms with Gasteiger partial charge in [-0.25, -0.2) is 8.42 Å². The minimum Gasteiger partial charge on any atom is -0.444 e. The number of benzene rings is 1. The molecule has 1 aromatic carbocycles. The molecule has 1 aliphatic heterocycles. The Morgan fingerprint density at radius 2 is 1.76 bits per heavy atom. The van der Waals surface area contributed by atoms with E-state index in [0.29, 0.717) is 53.9 Å². The molecule has 1 aromatic heterocycles. The zero-order valence-corrected chi connectivity index (χ0v) is 20.7. The van der Waals surface area contributed by atoms with Crippen LogP contribution in [0.15, 0.2) is 33.6 Å². The Labute approximate surface area is 196 Å². The van der Waals surface area contributed by atoms with Crippen molar-refractivity contribution in [3.05, 3.63) is 46.7 Å². The Bertz CT molecular complexity index is 1140. The second kappa shape index (κ2) is 10.1. The number of hydrogen-bond donors (Lipinski definition) is 1. The molecule has 0 bridgehead atoms. The summed E-state index contributed by atoms with van der Waals surface area (Å²) in [6.07, 6.45) is 0.997. The van der Waals surface area contributed by atoms with Gasteiger partial charge in [-0.15, -0.1) is 0 Å². The number of hydrogen-bond acceptors (Lipinski definition) is 6. The van der Waals surface area contributed by atoms with Crippen molar-refractivity contribution in [1.82, 2.24) is 9.21 Å². The molecule has 2 unspecified atom stereocenters. The minimum atomic E-state index is -3.59. The van der Waals surface area contributed by atoms with Crippen molar-refractivity contribution in [1.29, 1.82) is 5.26 Å². The summed E-state index contributed by atoms with van der Waals surface area (Å²) in [6, 6.07) is 8.70. The quantitative estimate of drug-likeness (QED) is 0.660. The zero-order chi connectivity index (χ0) is 24.3. The van der Waals surface area contributed by atoms with Gasteiger partial charge in [0.25, 0.3) is 0 Å². The maximum Gasteiger partial charge on any atom is 0.243 e. The largest absolute Gasteiger partial charge is 0.444 e. The number of piperazine rings is 1. The van der Waals surface area contributed by atoms with Crippen LogP contribution in [0.1, 0.15) is 55.6 Å². The van der Waals surface area contributed by atoms with Gasteiger partial charge in [0.15, 0.2) is 0 Å². The summed E-state index contributed by atoms with van der Waals surface area (Å²) < 4.78 is 33.2. The molecule has 8 nitrogen and oxygen atoms in total. The van der Waals surface area contributed by atoms with Gasteiger partial charge < -0.3 is 4.42 Å². The topological polar surface area (TPSA) is 107 Å². The first kappa shape index (κ1) is 25.0. The maximum absolute atomic E-state index is 13.1. The van der Waals surface area contributed by atoms with Gasteiger partial charge in [0, 0.05) is 31.7 Å². The van der Waals surface area contributed by atoms with E-state index in [1.165, 1.54) is 4.31 Å². The predicted molar refractivity (Wildman–Crippen MR) is 126 cm³/mol. The Kier molecular flexibility index (Phi) is 7.62. The van der Waals surface area contributed by atoms with Crippen molar-refractivity contribution >= 4 is 21.8 Å². The fraction of sp³-hybridized carbons (Fsp3) is 0.500. The lowest BCUT2D eigenvalue weighted by atomic mass is 9.99. The number of nitriles is 1. The van der Waals surface area contributed by atoms with E-state index in [9.17, 15) is 18.5 Å². The lowest BCUT2D eigenvalue weighted by Gasteiger charge is -2.36. The van der Waals surface area contributed by atoms with Gasteiger partial charge in [0.05, 0.1) is 10.9 Å². The summed E-state index contributed by atoms with van der Waals surface area (Å²) in [7, 11) is -3.59. The fourth-order valence-corrected chi connectivity index (χ4v) is 5.34. The Balaban J connectivity index is 1.62.